The van der Waals surface area contributed by atoms with Crippen LogP contribution in [0.25, 0.3) is 0 Å². The number of rotatable bonds is 4. The Hall–Kier alpha value is -1.03. The van der Waals surface area contributed by atoms with Gasteiger partial charge in [-0.2, -0.15) is 10.9 Å². The summed E-state index contributed by atoms with van der Waals surface area (Å²) in [4.78, 5) is 11.8. The number of carbonyl (C=O) groups is 1. The van der Waals surface area contributed by atoms with Crippen molar-refractivity contribution in [2.24, 2.45) is 5.41 Å². The van der Waals surface area contributed by atoms with Gasteiger partial charge >= 0.3 is 0 Å². The lowest BCUT2D eigenvalue weighted by Crippen LogP contribution is -2.11. The van der Waals surface area contributed by atoms with Crippen LogP contribution in [-0.2, 0) is 0 Å². The smallest absolute Gasteiger partial charge is 0.199 e. The fourth-order valence-corrected chi connectivity index (χ4v) is 2.13. The van der Waals surface area contributed by atoms with Crippen molar-refractivity contribution in [3.8, 4) is 5.75 Å². The fraction of sp³-hybridized carbons (Fsp3) is 0.533. The molecule has 0 aliphatic rings. The molecular formula is C15H23FO2S. The standard InChI is InChI=1S/C15H23FO2S/c1-15(2,3)8-9-18-13-7-6-11(10-12(13)16)14(17)19(4)5/h6-7,10,19H,8-9H2,1-5H3. The summed E-state index contributed by atoms with van der Waals surface area (Å²) in [5.74, 6) is -0.242. The number of carbonyl (C=O) groups excluding carboxylic acids is 1. The average molecular weight is 286 g/mol. The van der Waals surface area contributed by atoms with Crippen LogP contribution in [-0.4, -0.2) is 24.2 Å². The molecule has 1 aromatic rings. The molecule has 0 radical (unpaired) electrons. The zero-order chi connectivity index (χ0) is 14.6. The Morgan fingerprint density at radius 3 is 2.42 bits per heavy atom. The van der Waals surface area contributed by atoms with Crippen LogP contribution in [0.1, 0.15) is 37.6 Å². The summed E-state index contributed by atoms with van der Waals surface area (Å²) < 4.78 is 19.3. The Labute approximate surface area is 117 Å². The van der Waals surface area contributed by atoms with Gasteiger partial charge < -0.3 is 4.74 Å². The molecule has 0 aliphatic carbocycles. The average Bonchev–Trinajstić information content (AvgIpc) is 2.28. The largest absolute Gasteiger partial charge is 0.490 e. The molecule has 1 rings (SSSR count). The summed E-state index contributed by atoms with van der Waals surface area (Å²) in [7, 11) is -0.733. The molecule has 4 heteroatoms. The van der Waals surface area contributed by atoms with Gasteiger partial charge in [0.25, 0.3) is 0 Å². The number of halogens is 1. The SMILES string of the molecule is C[SH](C)C(=O)c1ccc(OCCC(C)(C)C)c(F)c1. The molecule has 0 bridgehead atoms. The summed E-state index contributed by atoms with van der Waals surface area (Å²) in [5, 5.41) is 0.00939. The molecule has 0 heterocycles. The molecule has 0 aromatic heterocycles. The summed E-state index contributed by atoms with van der Waals surface area (Å²) >= 11 is 0. The van der Waals surface area contributed by atoms with Crippen molar-refractivity contribution in [3.05, 3.63) is 29.6 Å². The fourth-order valence-electron chi connectivity index (χ4n) is 1.48. The molecule has 0 unspecified atom stereocenters. The van der Waals surface area contributed by atoms with E-state index in [1.807, 2.05) is 12.5 Å². The highest BCUT2D eigenvalue weighted by atomic mass is 32.2. The highest BCUT2D eigenvalue weighted by Crippen LogP contribution is 2.26. The lowest BCUT2D eigenvalue weighted by molar-refractivity contribution is 0.108. The number of ether oxygens (including phenoxy) is 1. The van der Waals surface area contributed by atoms with Crippen LogP contribution >= 0.6 is 10.9 Å². The summed E-state index contributed by atoms with van der Waals surface area (Å²) in [5.41, 5.74) is 0.587. The van der Waals surface area contributed by atoms with E-state index in [2.05, 4.69) is 20.8 Å². The van der Waals surface area contributed by atoms with Crippen LogP contribution in [0.15, 0.2) is 18.2 Å². The van der Waals surface area contributed by atoms with Gasteiger partial charge in [0, 0.05) is 5.56 Å². The maximum atomic E-state index is 13.8. The van der Waals surface area contributed by atoms with Gasteiger partial charge in [0.05, 0.1) is 6.61 Å². The minimum absolute atomic E-state index is 0.00939. The van der Waals surface area contributed by atoms with Crippen LogP contribution in [0, 0.1) is 11.2 Å². The molecule has 0 amide bonds. The van der Waals surface area contributed by atoms with E-state index in [9.17, 15) is 9.18 Å². The van der Waals surface area contributed by atoms with Gasteiger partial charge in [0.15, 0.2) is 16.7 Å². The van der Waals surface area contributed by atoms with Gasteiger partial charge in [0.2, 0.25) is 0 Å². The van der Waals surface area contributed by atoms with E-state index in [1.165, 1.54) is 6.07 Å². The van der Waals surface area contributed by atoms with Gasteiger partial charge in [-0.3, -0.25) is 4.79 Å². The Bertz CT molecular complexity index is 450. The Balaban J connectivity index is 2.70. The van der Waals surface area contributed by atoms with Crippen molar-refractivity contribution in [1.82, 2.24) is 0 Å². The highest BCUT2D eigenvalue weighted by molar-refractivity contribution is 8.29. The second-order valence-electron chi connectivity index (χ2n) is 6.00. The van der Waals surface area contributed by atoms with Crippen molar-refractivity contribution < 1.29 is 13.9 Å². The zero-order valence-corrected chi connectivity index (χ0v) is 13.2. The molecule has 108 valence electrons. The molecule has 0 spiro atoms. The monoisotopic (exact) mass is 286 g/mol. The summed E-state index contributed by atoms with van der Waals surface area (Å²) in [6.45, 7) is 6.81. The van der Waals surface area contributed by atoms with E-state index in [0.29, 0.717) is 12.2 Å². The van der Waals surface area contributed by atoms with Gasteiger partial charge in [-0.05, 0) is 42.5 Å². The van der Waals surface area contributed by atoms with Crippen molar-refractivity contribution in [3.63, 3.8) is 0 Å². The quantitative estimate of drug-likeness (QED) is 0.845. The zero-order valence-electron chi connectivity index (χ0n) is 12.3. The van der Waals surface area contributed by atoms with Gasteiger partial charge in [0.1, 0.15) is 0 Å². The first-order chi connectivity index (χ1) is 8.70. The van der Waals surface area contributed by atoms with Gasteiger partial charge in [-0.15, -0.1) is 0 Å². The maximum Gasteiger partial charge on any atom is 0.199 e. The molecule has 1 aromatic carbocycles. The number of thiol groups is 1. The summed E-state index contributed by atoms with van der Waals surface area (Å²) in [6.07, 6.45) is 4.58. The van der Waals surface area contributed by atoms with E-state index in [-0.39, 0.29) is 16.3 Å². The Morgan fingerprint density at radius 1 is 1.32 bits per heavy atom. The lowest BCUT2D eigenvalue weighted by atomic mass is 9.93. The predicted molar refractivity (Wildman–Crippen MR) is 81.1 cm³/mol. The van der Waals surface area contributed by atoms with Gasteiger partial charge in [-0.1, -0.05) is 20.8 Å². The van der Waals surface area contributed by atoms with Crippen molar-refractivity contribution >= 4 is 16.0 Å². The third kappa shape index (κ3) is 5.23. The molecule has 0 saturated heterocycles. The number of benzene rings is 1. The van der Waals surface area contributed by atoms with Crippen LogP contribution in [0.3, 0.4) is 0 Å². The molecule has 2 nitrogen and oxygen atoms in total. The van der Waals surface area contributed by atoms with Crippen molar-refractivity contribution in [2.75, 3.05) is 19.1 Å². The molecular weight excluding hydrogens is 263 g/mol. The minimum atomic E-state index is -0.733. The molecule has 0 fully saturated rings. The topological polar surface area (TPSA) is 26.3 Å². The van der Waals surface area contributed by atoms with E-state index in [0.717, 1.165) is 6.42 Å². The first-order valence-corrected chi connectivity index (χ1v) is 8.58. The lowest BCUT2D eigenvalue weighted by Gasteiger charge is -2.18. The van der Waals surface area contributed by atoms with E-state index < -0.39 is 16.7 Å². The highest BCUT2D eigenvalue weighted by Gasteiger charge is 2.13. The van der Waals surface area contributed by atoms with Crippen molar-refractivity contribution in [2.45, 2.75) is 27.2 Å². The maximum absolute atomic E-state index is 13.8. The molecule has 0 N–H and O–H groups in total. The second kappa shape index (κ2) is 6.42. The minimum Gasteiger partial charge on any atom is -0.490 e. The van der Waals surface area contributed by atoms with Crippen LogP contribution in [0.2, 0.25) is 0 Å². The normalized spacial score (nSPS) is 12.2. The van der Waals surface area contributed by atoms with Crippen LogP contribution in [0.4, 0.5) is 4.39 Å². The third-order valence-electron chi connectivity index (χ3n) is 2.69. The third-order valence-corrected chi connectivity index (χ3v) is 3.77. The summed E-state index contributed by atoms with van der Waals surface area (Å²) in [6, 6.07) is 4.46. The van der Waals surface area contributed by atoms with Crippen LogP contribution < -0.4 is 4.74 Å². The molecule has 0 atom stereocenters. The first-order valence-electron chi connectivity index (χ1n) is 6.35. The first kappa shape index (κ1) is 16.0. The second-order valence-corrected chi connectivity index (χ2v) is 8.20. The van der Waals surface area contributed by atoms with Crippen molar-refractivity contribution in [1.29, 1.82) is 0 Å². The van der Waals surface area contributed by atoms with E-state index in [1.54, 1.807) is 12.1 Å². The van der Waals surface area contributed by atoms with Crippen LogP contribution in [0.5, 0.6) is 5.75 Å². The van der Waals surface area contributed by atoms with Gasteiger partial charge in [-0.25, -0.2) is 4.39 Å². The molecule has 0 saturated carbocycles. The number of hydrogen-bond acceptors (Lipinski definition) is 2. The molecule has 0 aliphatic heterocycles. The Kier molecular flexibility index (Phi) is 5.41. The molecule has 19 heavy (non-hydrogen) atoms. The van der Waals surface area contributed by atoms with E-state index >= 15 is 0 Å². The Morgan fingerprint density at radius 2 is 1.95 bits per heavy atom. The predicted octanol–water partition coefficient (Wildman–Crippen LogP) is 4.04. The van der Waals surface area contributed by atoms with E-state index in [4.69, 9.17) is 4.74 Å². The number of hydrogen-bond donors (Lipinski definition) is 1.